The van der Waals surface area contributed by atoms with Crippen molar-refractivity contribution in [1.29, 1.82) is 0 Å². The van der Waals surface area contributed by atoms with E-state index in [9.17, 15) is 9.59 Å². The van der Waals surface area contributed by atoms with Gasteiger partial charge in [-0.2, -0.15) is 0 Å². The number of rotatable bonds is 8. The molecule has 0 aromatic carbocycles. The Morgan fingerprint density at radius 1 is 1.21 bits per heavy atom. The molecule has 0 fully saturated rings. The molecule has 0 aromatic rings. The average Bonchev–Trinajstić information content (AvgIpc) is 2.33. The van der Waals surface area contributed by atoms with Crippen molar-refractivity contribution < 1.29 is 9.59 Å². The fraction of sp³-hybridized carbons (Fsp3) is 0.857. The molecule has 1 unspecified atom stereocenters. The van der Waals surface area contributed by atoms with Crippen LogP contribution in [-0.2, 0) is 9.59 Å². The second-order valence-corrected chi connectivity index (χ2v) is 5.82. The highest BCUT2D eigenvalue weighted by molar-refractivity contribution is 6.04. The smallest absolute Gasteiger partial charge is 0.235 e. The molecular formula is C14H29N3O2. The minimum atomic E-state index is -1.03. The van der Waals surface area contributed by atoms with Gasteiger partial charge in [0.2, 0.25) is 11.8 Å². The van der Waals surface area contributed by atoms with Crippen molar-refractivity contribution in [1.82, 2.24) is 15.5 Å². The Hall–Kier alpha value is -1.10. The molecule has 0 radical (unpaired) electrons. The summed E-state index contributed by atoms with van der Waals surface area (Å²) in [6.07, 6.45) is 1.73. The second-order valence-electron chi connectivity index (χ2n) is 5.82. The molecule has 0 heterocycles. The Labute approximate surface area is 117 Å². The van der Waals surface area contributed by atoms with E-state index in [0.29, 0.717) is 6.54 Å². The number of hydrogen-bond acceptors (Lipinski definition) is 3. The highest BCUT2D eigenvalue weighted by Crippen LogP contribution is 2.16. The van der Waals surface area contributed by atoms with Gasteiger partial charge in [0, 0.05) is 12.6 Å². The van der Waals surface area contributed by atoms with Crippen molar-refractivity contribution >= 4 is 11.8 Å². The van der Waals surface area contributed by atoms with Gasteiger partial charge in [0.25, 0.3) is 0 Å². The summed E-state index contributed by atoms with van der Waals surface area (Å²) in [7, 11) is 3.98. The van der Waals surface area contributed by atoms with Crippen molar-refractivity contribution in [2.75, 3.05) is 27.2 Å². The van der Waals surface area contributed by atoms with Crippen molar-refractivity contribution in [2.24, 2.45) is 5.41 Å². The van der Waals surface area contributed by atoms with Gasteiger partial charge in [0.15, 0.2) is 0 Å². The lowest BCUT2D eigenvalue weighted by molar-refractivity contribution is -0.141. The standard InChI is InChI=1S/C14H29N3O2/c1-7-11(2)16-13(19)14(3,4)12(18)15-9-8-10-17(5)6/h11H,7-10H2,1-6H3,(H,15,18)(H,16,19). The summed E-state index contributed by atoms with van der Waals surface area (Å²) in [5.41, 5.74) is -1.03. The van der Waals surface area contributed by atoms with Crippen LogP contribution in [0.5, 0.6) is 0 Å². The van der Waals surface area contributed by atoms with Gasteiger partial charge in [0.05, 0.1) is 0 Å². The monoisotopic (exact) mass is 271 g/mol. The molecule has 0 saturated heterocycles. The molecule has 19 heavy (non-hydrogen) atoms. The fourth-order valence-electron chi connectivity index (χ4n) is 1.43. The molecular weight excluding hydrogens is 242 g/mol. The lowest BCUT2D eigenvalue weighted by Crippen LogP contribution is -2.50. The van der Waals surface area contributed by atoms with Crippen LogP contribution in [0.2, 0.25) is 0 Å². The first kappa shape index (κ1) is 17.9. The van der Waals surface area contributed by atoms with E-state index in [1.54, 1.807) is 13.8 Å². The number of amides is 2. The second kappa shape index (κ2) is 8.15. The van der Waals surface area contributed by atoms with Gasteiger partial charge in [0.1, 0.15) is 5.41 Å². The van der Waals surface area contributed by atoms with Crippen LogP contribution >= 0.6 is 0 Å². The lowest BCUT2D eigenvalue weighted by atomic mass is 9.90. The third-order valence-corrected chi connectivity index (χ3v) is 3.19. The van der Waals surface area contributed by atoms with Crippen LogP contribution in [-0.4, -0.2) is 49.9 Å². The molecule has 112 valence electrons. The minimum Gasteiger partial charge on any atom is -0.355 e. The normalized spacial score (nSPS) is 13.2. The third kappa shape index (κ3) is 6.57. The van der Waals surface area contributed by atoms with Gasteiger partial charge >= 0.3 is 0 Å². The first-order valence-electron chi connectivity index (χ1n) is 6.95. The van der Waals surface area contributed by atoms with Crippen LogP contribution in [0.15, 0.2) is 0 Å². The summed E-state index contributed by atoms with van der Waals surface area (Å²) < 4.78 is 0. The van der Waals surface area contributed by atoms with Crippen LogP contribution in [0.3, 0.4) is 0 Å². The zero-order valence-corrected chi connectivity index (χ0v) is 13.2. The van der Waals surface area contributed by atoms with E-state index in [2.05, 4.69) is 15.5 Å². The van der Waals surface area contributed by atoms with E-state index in [0.717, 1.165) is 19.4 Å². The molecule has 2 N–H and O–H groups in total. The molecule has 0 bridgehead atoms. The van der Waals surface area contributed by atoms with Crippen LogP contribution in [0.25, 0.3) is 0 Å². The maximum atomic E-state index is 12.0. The Morgan fingerprint density at radius 3 is 2.26 bits per heavy atom. The average molecular weight is 271 g/mol. The number of carbonyl (C=O) groups excluding carboxylic acids is 2. The topological polar surface area (TPSA) is 61.4 Å². The Morgan fingerprint density at radius 2 is 1.79 bits per heavy atom. The van der Waals surface area contributed by atoms with Crippen LogP contribution in [0.1, 0.15) is 40.5 Å². The number of hydrogen-bond donors (Lipinski definition) is 2. The molecule has 0 saturated carbocycles. The largest absolute Gasteiger partial charge is 0.355 e. The van der Waals surface area contributed by atoms with Crippen LogP contribution in [0, 0.1) is 5.41 Å². The van der Waals surface area contributed by atoms with Crippen molar-refractivity contribution in [3.63, 3.8) is 0 Å². The van der Waals surface area contributed by atoms with Crippen molar-refractivity contribution in [2.45, 2.75) is 46.6 Å². The summed E-state index contributed by atoms with van der Waals surface area (Å²) in [6, 6.07) is 0.0910. The number of nitrogens with zero attached hydrogens (tertiary/aromatic N) is 1. The highest BCUT2D eigenvalue weighted by Gasteiger charge is 2.36. The van der Waals surface area contributed by atoms with Gasteiger partial charge in [-0.05, 0) is 54.3 Å². The minimum absolute atomic E-state index is 0.0910. The quantitative estimate of drug-likeness (QED) is 0.511. The Bertz CT molecular complexity index is 301. The van der Waals surface area contributed by atoms with Crippen molar-refractivity contribution in [3.8, 4) is 0 Å². The zero-order valence-electron chi connectivity index (χ0n) is 13.2. The molecule has 5 nitrogen and oxygen atoms in total. The predicted octanol–water partition coefficient (Wildman–Crippen LogP) is 0.995. The van der Waals surface area contributed by atoms with E-state index < -0.39 is 5.41 Å². The molecule has 2 amide bonds. The summed E-state index contributed by atoms with van der Waals surface area (Å²) in [4.78, 5) is 26.1. The molecule has 0 aliphatic rings. The van der Waals surface area contributed by atoms with Crippen molar-refractivity contribution in [3.05, 3.63) is 0 Å². The first-order valence-corrected chi connectivity index (χ1v) is 6.95. The number of nitrogens with one attached hydrogen (secondary N) is 2. The summed E-state index contributed by atoms with van der Waals surface area (Å²) in [6.45, 7) is 8.76. The molecule has 0 aliphatic carbocycles. The summed E-state index contributed by atoms with van der Waals surface area (Å²) in [5, 5.41) is 5.68. The molecule has 0 rings (SSSR count). The molecule has 0 aliphatic heterocycles. The summed E-state index contributed by atoms with van der Waals surface area (Å²) in [5.74, 6) is -0.431. The van der Waals surface area contributed by atoms with E-state index in [4.69, 9.17) is 0 Å². The molecule has 0 spiro atoms. The van der Waals surface area contributed by atoms with Gasteiger partial charge in [-0.3, -0.25) is 9.59 Å². The van der Waals surface area contributed by atoms with Gasteiger partial charge in [-0.25, -0.2) is 0 Å². The van der Waals surface area contributed by atoms with Crippen LogP contribution < -0.4 is 10.6 Å². The number of carbonyl (C=O) groups is 2. The van der Waals surface area contributed by atoms with E-state index in [1.165, 1.54) is 0 Å². The first-order chi connectivity index (χ1) is 8.71. The zero-order chi connectivity index (χ0) is 15.1. The maximum Gasteiger partial charge on any atom is 0.235 e. The molecule has 0 aromatic heterocycles. The van der Waals surface area contributed by atoms with E-state index in [-0.39, 0.29) is 17.9 Å². The molecule has 1 atom stereocenters. The predicted molar refractivity (Wildman–Crippen MR) is 77.9 cm³/mol. The fourth-order valence-corrected chi connectivity index (χ4v) is 1.43. The molecule has 5 heteroatoms. The summed E-state index contributed by atoms with van der Waals surface area (Å²) >= 11 is 0. The van der Waals surface area contributed by atoms with Gasteiger partial charge in [-0.1, -0.05) is 6.92 Å². The van der Waals surface area contributed by atoms with Gasteiger partial charge in [-0.15, -0.1) is 0 Å². The highest BCUT2D eigenvalue weighted by atomic mass is 16.2. The Kier molecular flexibility index (Phi) is 7.68. The van der Waals surface area contributed by atoms with E-state index in [1.807, 2.05) is 27.9 Å². The lowest BCUT2D eigenvalue weighted by Gasteiger charge is -2.25. The SMILES string of the molecule is CCC(C)NC(=O)C(C)(C)C(=O)NCCCN(C)C. The third-order valence-electron chi connectivity index (χ3n) is 3.19. The Balaban J connectivity index is 4.23. The van der Waals surface area contributed by atoms with Gasteiger partial charge < -0.3 is 15.5 Å². The van der Waals surface area contributed by atoms with Crippen LogP contribution in [0.4, 0.5) is 0 Å². The van der Waals surface area contributed by atoms with E-state index >= 15 is 0 Å². The maximum absolute atomic E-state index is 12.0.